The van der Waals surface area contributed by atoms with Crippen LogP contribution in [0, 0.1) is 29.1 Å². The van der Waals surface area contributed by atoms with Gasteiger partial charge in [0.15, 0.2) is 5.82 Å². The van der Waals surface area contributed by atoms with Crippen LogP contribution in [-0.4, -0.2) is 14.4 Å². The lowest BCUT2D eigenvalue weighted by molar-refractivity contribution is 0.388. The summed E-state index contributed by atoms with van der Waals surface area (Å²) in [6, 6.07) is 2.50. The van der Waals surface area contributed by atoms with Gasteiger partial charge in [-0.1, -0.05) is 0 Å². The van der Waals surface area contributed by atoms with Crippen molar-refractivity contribution in [1.29, 1.82) is 0 Å². The SMILES string of the molecule is COc1c(F)cc(F)cc1Bc1c(F)cc(F)cc1F. The Morgan fingerprint density at radius 3 is 1.85 bits per heavy atom. The summed E-state index contributed by atoms with van der Waals surface area (Å²) in [5.74, 6) is -5.52. The van der Waals surface area contributed by atoms with E-state index in [0.717, 1.165) is 13.2 Å². The highest BCUT2D eigenvalue weighted by molar-refractivity contribution is 6.68. The van der Waals surface area contributed by atoms with Gasteiger partial charge >= 0.3 is 0 Å². The Hall–Kier alpha value is -2.05. The normalized spacial score (nSPS) is 10.5. The van der Waals surface area contributed by atoms with Crippen molar-refractivity contribution in [2.24, 2.45) is 0 Å². The number of methoxy groups -OCH3 is 1. The summed E-state index contributed by atoms with van der Waals surface area (Å²) in [7, 11) is 0.687. The van der Waals surface area contributed by atoms with E-state index in [-0.39, 0.29) is 11.2 Å². The maximum atomic E-state index is 13.5. The summed E-state index contributed by atoms with van der Waals surface area (Å²) in [4.78, 5) is 0. The molecule has 20 heavy (non-hydrogen) atoms. The van der Waals surface area contributed by atoms with Gasteiger partial charge in [-0.05, 0) is 17.0 Å². The first-order valence-corrected chi connectivity index (χ1v) is 5.57. The van der Waals surface area contributed by atoms with Gasteiger partial charge in [0.2, 0.25) is 7.28 Å². The van der Waals surface area contributed by atoms with E-state index in [2.05, 4.69) is 0 Å². The summed E-state index contributed by atoms with van der Waals surface area (Å²) >= 11 is 0. The summed E-state index contributed by atoms with van der Waals surface area (Å²) in [5, 5.41) is 0. The molecule has 0 heterocycles. The van der Waals surface area contributed by atoms with Crippen molar-refractivity contribution in [3.63, 3.8) is 0 Å². The van der Waals surface area contributed by atoms with Crippen LogP contribution in [-0.2, 0) is 0 Å². The molecule has 0 aromatic heterocycles. The number of benzene rings is 2. The molecule has 0 saturated carbocycles. The largest absolute Gasteiger partial charge is 0.494 e. The second-order valence-electron chi connectivity index (χ2n) is 4.10. The molecule has 0 radical (unpaired) electrons. The van der Waals surface area contributed by atoms with Crippen LogP contribution in [0.3, 0.4) is 0 Å². The first-order valence-electron chi connectivity index (χ1n) is 5.57. The Morgan fingerprint density at radius 2 is 1.30 bits per heavy atom. The highest BCUT2D eigenvalue weighted by Crippen LogP contribution is 2.15. The molecular weight excluding hydrogens is 278 g/mol. The van der Waals surface area contributed by atoms with Crippen molar-refractivity contribution >= 4 is 18.2 Å². The molecule has 0 saturated heterocycles. The van der Waals surface area contributed by atoms with Gasteiger partial charge in [0.25, 0.3) is 0 Å². The minimum Gasteiger partial charge on any atom is -0.494 e. The number of hydrogen-bond donors (Lipinski definition) is 0. The zero-order valence-corrected chi connectivity index (χ0v) is 10.3. The number of hydrogen-bond acceptors (Lipinski definition) is 1. The minimum absolute atomic E-state index is 0.0746. The van der Waals surface area contributed by atoms with Gasteiger partial charge in [0.05, 0.1) is 7.11 Å². The zero-order valence-electron chi connectivity index (χ0n) is 10.3. The molecule has 0 bridgehead atoms. The van der Waals surface area contributed by atoms with Crippen LogP contribution < -0.4 is 15.7 Å². The fourth-order valence-corrected chi connectivity index (χ4v) is 1.90. The smallest absolute Gasteiger partial charge is 0.205 e. The Kier molecular flexibility index (Phi) is 3.97. The fraction of sp³-hybridized carbons (Fsp3) is 0.0769. The van der Waals surface area contributed by atoms with Gasteiger partial charge < -0.3 is 4.74 Å². The van der Waals surface area contributed by atoms with Crippen LogP contribution in [0.4, 0.5) is 22.0 Å². The van der Waals surface area contributed by atoms with Crippen LogP contribution >= 0.6 is 0 Å². The van der Waals surface area contributed by atoms with Gasteiger partial charge in [0, 0.05) is 18.2 Å². The second-order valence-corrected chi connectivity index (χ2v) is 4.10. The van der Waals surface area contributed by atoms with Crippen molar-refractivity contribution < 1.29 is 26.7 Å². The molecule has 0 aliphatic rings. The quantitative estimate of drug-likeness (QED) is 0.617. The molecule has 0 N–H and O–H groups in total. The average Bonchev–Trinajstić information content (AvgIpc) is 2.33. The molecule has 0 spiro atoms. The molecule has 104 valence electrons. The Balaban J connectivity index is 2.50. The third kappa shape index (κ3) is 2.76. The average molecular weight is 286 g/mol. The maximum Gasteiger partial charge on any atom is 0.205 e. The van der Waals surface area contributed by atoms with Crippen LogP contribution in [0.1, 0.15) is 0 Å². The number of ether oxygens (including phenoxy) is 1. The number of halogens is 5. The minimum atomic E-state index is -1.13. The molecule has 0 fully saturated rings. The zero-order chi connectivity index (χ0) is 14.9. The van der Waals surface area contributed by atoms with Crippen LogP contribution in [0.25, 0.3) is 0 Å². The Labute approximate surface area is 112 Å². The highest BCUT2D eigenvalue weighted by atomic mass is 19.2. The topological polar surface area (TPSA) is 9.23 Å². The predicted molar refractivity (Wildman–Crippen MR) is 65.6 cm³/mol. The van der Waals surface area contributed by atoms with Crippen molar-refractivity contribution in [2.45, 2.75) is 0 Å². The van der Waals surface area contributed by atoms with E-state index < -0.39 is 41.8 Å². The molecule has 0 aliphatic carbocycles. The molecule has 7 heteroatoms. The lowest BCUT2D eigenvalue weighted by Crippen LogP contribution is -2.34. The molecule has 0 atom stereocenters. The summed E-state index contributed by atoms with van der Waals surface area (Å²) in [6.07, 6.45) is 0. The molecule has 1 nitrogen and oxygen atoms in total. The first kappa shape index (κ1) is 14.4. The molecule has 2 aromatic carbocycles. The van der Waals surface area contributed by atoms with Crippen LogP contribution in [0.5, 0.6) is 5.75 Å². The molecule has 0 aliphatic heterocycles. The van der Waals surface area contributed by atoms with E-state index in [0.29, 0.717) is 18.2 Å². The summed E-state index contributed by atoms with van der Waals surface area (Å²) in [6.45, 7) is 0. The third-order valence-electron chi connectivity index (χ3n) is 2.76. The van der Waals surface area contributed by atoms with Gasteiger partial charge in [-0.25, -0.2) is 22.0 Å². The van der Waals surface area contributed by atoms with Crippen LogP contribution in [0.2, 0.25) is 0 Å². The standard InChI is InChI=1S/C13H8BF5O/c1-20-13-8(2-6(15)5-11(13)19)14-12-9(17)3-7(16)4-10(12)18/h2-5,14H,1H3. The van der Waals surface area contributed by atoms with Crippen molar-refractivity contribution in [3.05, 3.63) is 53.4 Å². The van der Waals surface area contributed by atoms with Crippen molar-refractivity contribution in [3.8, 4) is 5.75 Å². The number of rotatable bonds is 3. The molecule has 0 unspecified atom stereocenters. The monoisotopic (exact) mass is 286 g/mol. The van der Waals surface area contributed by atoms with Gasteiger partial charge in [-0.15, -0.1) is 0 Å². The highest BCUT2D eigenvalue weighted by Gasteiger charge is 2.19. The summed E-state index contributed by atoms with van der Waals surface area (Å²) in [5.41, 5.74) is -0.566. The van der Waals surface area contributed by atoms with E-state index in [1.807, 2.05) is 0 Å². The van der Waals surface area contributed by atoms with E-state index in [1.165, 1.54) is 0 Å². The molecule has 2 rings (SSSR count). The third-order valence-corrected chi connectivity index (χ3v) is 2.76. The van der Waals surface area contributed by atoms with Gasteiger partial charge in [-0.2, -0.15) is 0 Å². The van der Waals surface area contributed by atoms with Crippen LogP contribution in [0.15, 0.2) is 24.3 Å². The van der Waals surface area contributed by atoms with Gasteiger partial charge in [0.1, 0.15) is 29.0 Å². The molecule has 2 aromatic rings. The molecular formula is C13H8BF5O. The summed E-state index contributed by atoms with van der Waals surface area (Å²) < 4.78 is 71.2. The van der Waals surface area contributed by atoms with E-state index >= 15 is 0 Å². The lowest BCUT2D eigenvalue weighted by atomic mass is 9.63. The fourth-order valence-electron chi connectivity index (χ4n) is 1.90. The Morgan fingerprint density at radius 1 is 0.800 bits per heavy atom. The van der Waals surface area contributed by atoms with E-state index in [9.17, 15) is 22.0 Å². The maximum absolute atomic E-state index is 13.5. The molecule has 0 amide bonds. The predicted octanol–water partition coefficient (Wildman–Crippen LogP) is 1.78. The van der Waals surface area contributed by atoms with E-state index in [4.69, 9.17) is 4.74 Å². The van der Waals surface area contributed by atoms with E-state index in [1.54, 1.807) is 0 Å². The van der Waals surface area contributed by atoms with Crippen molar-refractivity contribution in [2.75, 3.05) is 7.11 Å². The Bertz CT molecular complexity index is 636. The van der Waals surface area contributed by atoms with Crippen molar-refractivity contribution in [1.82, 2.24) is 0 Å². The first-order chi connectivity index (χ1) is 9.42. The van der Waals surface area contributed by atoms with Gasteiger partial charge in [-0.3, -0.25) is 0 Å². The lowest BCUT2D eigenvalue weighted by Gasteiger charge is -2.10. The second kappa shape index (κ2) is 5.52.